The quantitative estimate of drug-likeness (QED) is 0.589. The number of phenols is 2. The first-order chi connectivity index (χ1) is 12.3. The van der Waals surface area contributed by atoms with Crippen LogP contribution in [0.5, 0.6) is 23.0 Å². The SMILES string of the molecule is COc1ccc(CS(=O)(=O)C(C#N)=Cc2ccc(O)c(O)c2)cc1OC. The van der Waals surface area contributed by atoms with E-state index in [-0.39, 0.29) is 11.3 Å². The first-order valence-corrected chi connectivity index (χ1v) is 9.03. The number of ether oxygens (including phenoxy) is 2. The molecule has 0 saturated carbocycles. The molecule has 26 heavy (non-hydrogen) atoms. The number of nitriles is 1. The summed E-state index contributed by atoms with van der Waals surface area (Å²) < 4.78 is 35.4. The summed E-state index contributed by atoms with van der Waals surface area (Å²) in [5, 5.41) is 28.1. The topological polar surface area (TPSA) is 117 Å². The number of rotatable bonds is 6. The second-order valence-corrected chi connectivity index (χ2v) is 7.27. The molecule has 0 aliphatic heterocycles. The van der Waals surface area contributed by atoms with Gasteiger partial charge < -0.3 is 19.7 Å². The molecule has 2 rings (SSSR count). The highest BCUT2D eigenvalue weighted by Crippen LogP contribution is 2.30. The van der Waals surface area contributed by atoms with Crippen LogP contribution in [0, 0.1) is 11.3 Å². The number of aromatic hydroxyl groups is 2. The molecule has 0 radical (unpaired) electrons. The third kappa shape index (κ3) is 4.26. The molecule has 0 bridgehead atoms. The van der Waals surface area contributed by atoms with Crippen molar-refractivity contribution < 1.29 is 28.1 Å². The summed E-state index contributed by atoms with van der Waals surface area (Å²) in [6.45, 7) is 0. The molecular formula is C18H17NO6S. The number of benzene rings is 2. The molecular weight excluding hydrogens is 358 g/mol. The Morgan fingerprint density at radius 2 is 1.77 bits per heavy atom. The Morgan fingerprint density at radius 1 is 1.08 bits per heavy atom. The zero-order valence-corrected chi connectivity index (χ0v) is 14.9. The van der Waals surface area contributed by atoms with E-state index < -0.39 is 26.2 Å². The van der Waals surface area contributed by atoms with Crippen LogP contribution in [-0.4, -0.2) is 32.9 Å². The molecule has 0 aliphatic carbocycles. The number of allylic oxidation sites excluding steroid dienone is 1. The lowest BCUT2D eigenvalue weighted by atomic mass is 10.2. The van der Waals surface area contributed by atoms with Gasteiger partial charge in [-0.25, -0.2) is 8.42 Å². The van der Waals surface area contributed by atoms with E-state index >= 15 is 0 Å². The van der Waals surface area contributed by atoms with Gasteiger partial charge >= 0.3 is 0 Å². The molecule has 2 aromatic rings. The average Bonchev–Trinajstić information content (AvgIpc) is 2.61. The Morgan fingerprint density at radius 3 is 2.35 bits per heavy atom. The maximum Gasteiger partial charge on any atom is 0.192 e. The Labute approximate surface area is 151 Å². The molecule has 0 unspecified atom stereocenters. The highest BCUT2D eigenvalue weighted by molar-refractivity contribution is 7.95. The minimum atomic E-state index is -3.93. The number of sulfone groups is 1. The zero-order chi connectivity index (χ0) is 19.3. The van der Waals surface area contributed by atoms with Crippen molar-refractivity contribution in [3.8, 4) is 29.1 Å². The van der Waals surface area contributed by atoms with Crippen molar-refractivity contribution in [3.05, 3.63) is 52.4 Å². The molecule has 2 N–H and O–H groups in total. The fraction of sp³-hybridized carbons (Fsp3) is 0.167. The molecule has 136 valence electrons. The largest absolute Gasteiger partial charge is 0.504 e. The van der Waals surface area contributed by atoms with Gasteiger partial charge in [0.15, 0.2) is 32.8 Å². The molecule has 0 spiro atoms. The van der Waals surface area contributed by atoms with E-state index in [1.807, 2.05) is 0 Å². The predicted molar refractivity (Wildman–Crippen MR) is 95.5 cm³/mol. The van der Waals surface area contributed by atoms with Crippen LogP contribution in [0.4, 0.5) is 0 Å². The summed E-state index contributed by atoms with van der Waals surface area (Å²) in [6, 6.07) is 10.1. The van der Waals surface area contributed by atoms with Crippen molar-refractivity contribution in [2.75, 3.05) is 14.2 Å². The second kappa shape index (κ2) is 7.80. The van der Waals surface area contributed by atoms with E-state index in [9.17, 15) is 23.9 Å². The van der Waals surface area contributed by atoms with E-state index in [0.29, 0.717) is 17.1 Å². The first-order valence-electron chi connectivity index (χ1n) is 7.38. The summed E-state index contributed by atoms with van der Waals surface area (Å²) in [4.78, 5) is -0.461. The Balaban J connectivity index is 2.36. The monoisotopic (exact) mass is 375 g/mol. The van der Waals surface area contributed by atoms with Gasteiger partial charge in [0.05, 0.1) is 20.0 Å². The standard InChI is InChI=1S/C18H17NO6S/c1-24-17-6-4-13(9-18(17)25-2)11-26(22,23)14(10-19)7-12-3-5-15(20)16(21)8-12/h3-9,20-21H,11H2,1-2H3. The molecule has 7 nitrogen and oxygen atoms in total. The molecule has 0 fully saturated rings. The van der Waals surface area contributed by atoms with Crippen LogP contribution >= 0.6 is 0 Å². The van der Waals surface area contributed by atoms with Gasteiger partial charge in [-0.15, -0.1) is 0 Å². The van der Waals surface area contributed by atoms with Crippen LogP contribution < -0.4 is 9.47 Å². The molecule has 0 aliphatic rings. The van der Waals surface area contributed by atoms with Gasteiger partial charge in [-0.05, 0) is 41.5 Å². The minimum absolute atomic E-state index is 0.271. The van der Waals surface area contributed by atoms with Crippen LogP contribution in [0.25, 0.3) is 6.08 Å². The summed E-state index contributed by atoms with van der Waals surface area (Å²) in [6.07, 6.45) is 1.13. The number of nitrogens with zero attached hydrogens (tertiary/aromatic N) is 1. The first kappa shape index (κ1) is 19.1. The molecule has 0 amide bonds. The Hall–Kier alpha value is -3.18. The van der Waals surface area contributed by atoms with Gasteiger partial charge in [0.1, 0.15) is 11.0 Å². The minimum Gasteiger partial charge on any atom is -0.504 e. The van der Waals surface area contributed by atoms with E-state index in [0.717, 1.165) is 6.08 Å². The van der Waals surface area contributed by atoms with E-state index in [4.69, 9.17) is 9.47 Å². The van der Waals surface area contributed by atoms with Crippen LogP contribution in [0.15, 0.2) is 41.3 Å². The van der Waals surface area contributed by atoms with Gasteiger partial charge in [0.25, 0.3) is 0 Å². The van der Waals surface area contributed by atoms with Gasteiger partial charge in [-0.1, -0.05) is 12.1 Å². The highest BCUT2D eigenvalue weighted by Gasteiger charge is 2.20. The van der Waals surface area contributed by atoms with Crippen molar-refractivity contribution in [1.82, 2.24) is 0 Å². The highest BCUT2D eigenvalue weighted by atomic mass is 32.2. The summed E-state index contributed by atoms with van der Waals surface area (Å²) in [5.74, 6) is -0.311. The second-order valence-electron chi connectivity index (χ2n) is 5.32. The summed E-state index contributed by atoms with van der Waals surface area (Å²) >= 11 is 0. The molecule has 0 heterocycles. The van der Waals surface area contributed by atoms with Crippen molar-refractivity contribution >= 4 is 15.9 Å². The third-order valence-corrected chi connectivity index (χ3v) is 5.14. The molecule has 2 aromatic carbocycles. The van der Waals surface area contributed by atoms with E-state index in [1.54, 1.807) is 18.2 Å². The maximum absolute atomic E-state index is 12.6. The zero-order valence-electron chi connectivity index (χ0n) is 14.1. The van der Waals surface area contributed by atoms with Gasteiger partial charge in [0.2, 0.25) is 0 Å². The van der Waals surface area contributed by atoms with E-state index in [1.165, 1.54) is 38.5 Å². The number of hydrogen-bond donors (Lipinski definition) is 2. The van der Waals surface area contributed by atoms with Crippen LogP contribution in [0.1, 0.15) is 11.1 Å². The lowest BCUT2D eigenvalue weighted by Crippen LogP contribution is -2.07. The van der Waals surface area contributed by atoms with Crippen LogP contribution in [0.3, 0.4) is 0 Å². The molecule has 8 heteroatoms. The van der Waals surface area contributed by atoms with Gasteiger partial charge in [0, 0.05) is 0 Å². The smallest absolute Gasteiger partial charge is 0.192 e. The van der Waals surface area contributed by atoms with Crippen LogP contribution in [-0.2, 0) is 15.6 Å². The third-order valence-electron chi connectivity index (χ3n) is 3.55. The van der Waals surface area contributed by atoms with Crippen molar-refractivity contribution in [2.24, 2.45) is 0 Å². The summed E-state index contributed by atoms with van der Waals surface area (Å²) in [7, 11) is -1.02. The van der Waals surface area contributed by atoms with Crippen molar-refractivity contribution in [2.45, 2.75) is 5.75 Å². The lowest BCUT2D eigenvalue weighted by Gasteiger charge is -2.10. The lowest BCUT2D eigenvalue weighted by molar-refractivity contribution is 0.354. The summed E-state index contributed by atoms with van der Waals surface area (Å²) in [5.41, 5.74) is 0.699. The Kier molecular flexibility index (Phi) is 5.75. The number of hydrogen-bond acceptors (Lipinski definition) is 7. The number of phenolic OH excluding ortho intramolecular Hbond substituents is 2. The fourth-order valence-corrected chi connectivity index (χ4v) is 3.47. The normalized spacial score (nSPS) is 11.7. The molecule has 0 saturated heterocycles. The molecule has 0 aromatic heterocycles. The predicted octanol–water partition coefficient (Wildman–Crippen LogP) is 2.59. The number of methoxy groups -OCH3 is 2. The van der Waals surface area contributed by atoms with Crippen LogP contribution in [0.2, 0.25) is 0 Å². The van der Waals surface area contributed by atoms with Gasteiger partial charge in [-0.3, -0.25) is 0 Å². The maximum atomic E-state index is 12.6. The van der Waals surface area contributed by atoms with Crippen molar-refractivity contribution in [1.29, 1.82) is 5.26 Å². The fourth-order valence-electron chi connectivity index (χ4n) is 2.24. The van der Waals surface area contributed by atoms with Gasteiger partial charge in [-0.2, -0.15) is 5.26 Å². The van der Waals surface area contributed by atoms with E-state index in [2.05, 4.69) is 0 Å². The molecule has 0 atom stereocenters. The van der Waals surface area contributed by atoms with Crippen molar-refractivity contribution in [3.63, 3.8) is 0 Å². The Bertz CT molecular complexity index is 989. The average molecular weight is 375 g/mol.